The average molecular weight is 175 g/mol. The molecule has 0 bridgehead atoms. The Balaban J connectivity index is 0. The van der Waals surface area contributed by atoms with Crippen molar-refractivity contribution in [3.8, 4) is 0 Å². The Bertz CT molecular complexity index is 58.5. The molecule has 58 valence electrons. The van der Waals surface area contributed by atoms with Gasteiger partial charge in [0.15, 0.2) is 0 Å². The smallest absolute Gasteiger partial charge is 0.117 e. The number of hydrogen-bond donors (Lipinski definition) is 3. The summed E-state index contributed by atoms with van der Waals surface area (Å²) in [5.74, 6) is 0. The number of halogens is 2. The molecule has 1 aliphatic heterocycles. The van der Waals surface area contributed by atoms with Crippen LogP contribution in [0.15, 0.2) is 0 Å². The standard InChI is InChI=1S/C4H10N2O.2ClH/c7-4-3-5-1-2-6-4;;/h4-7H,1-3H2;2*1H. The van der Waals surface area contributed by atoms with E-state index in [1.807, 2.05) is 0 Å². The van der Waals surface area contributed by atoms with Crippen LogP contribution in [0.4, 0.5) is 0 Å². The maximum Gasteiger partial charge on any atom is 0.117 e. The van der Waals surface area contributed by atoms with Crippen molar-refractivity contribution in [2.75, 3.05) is 19.6 Å². The highest BCUT2D eigenvalue weighted by molar-refractivity contribution is 5.85. The molecule has 3 N–H and O–H groups in total. The Labute approximate surface area is 67.0 Å². The van der Waals surface area contributed by atoms with Crippen molar-refractivity contribution in [2.45, 2.75) is 6.23 Å². The van der Waals surface area contributed by atoms with E-state index in [2.05, 4.69) is 10.6 Å². The maximum absolute atomic E-state index is 8.74. The van der Waals surface area contributed by atoms with Crippen LogP contribution in [0.3, 0.4) is 0 Å². The first-order valence-corrected chi connectivity index (χ1v) is 2.52. The quantitative estimate of drug-likeness (QED) is 0.458. The summed E-state index contributed by atoms with van der Waals surface area (Å²) in [4.78, 5) is 0. The minimum Gasteiger partial charge on any atom is -0.377 e. The van der Waals surface area contributed by atoms with Gasteiger partial charge in [0.2, 0.25) is 0 Å². The summed E-state index contributed by atoms with van der Waals surface area (Å²) < 4.78 is 0. The molecule has 9 heavy (non-hydrogen) atoms. The monoisotopic (exact) mass is 174 g/mol. The fraction of sp³-hybridized carbons (Fsp3) is 1.00. The van der Waals surface area contributed by atoms with Gasteiger partial charge >= 0.3 is 0 Å². The molecule has 0 spiro atoms. The third-order valence-corrected chi connectivity index (χ3v) is 1.02. The zero-order valence-corrected chi connectivity index (χ0v) is 6.60. The van der Waals surface area contributed by atoms with Crippen molar-refractivity contribution < 1.29 is 5.11 Å². The molecule has 0 aromatic carbocycles. The van der Waals surface area contributed by atoms with E-state index in [4.69, 9.17) is 5.11 Å². The summed E-state index contributed by atoms with van der Waals surface area (Å²) in [6.07, 6.45) is -0.325. The highest BCUT2D eigenvalue weighted by Crippen LogP contribution is 1.77. The molecule has 0 radical (unpaired) electrons. The van der Waals surface area contributed by atoms with Crippen LogP contribution in [-0.2, 0) is 0 Å². The topological polar surface area (TPSA) is 44.3 Å². The molecule has 1 atom stereocenters. The molecule has 5 heteroatoms. The molecule has 1 saturated heterocycles. The largest absolute Gasteiger partial charge is 0.377 e. The second-order valence-electron chi connectivity index (χ2n) is 1.67. The third-order valence-electron chi connectivity index (χ3n) is 1.02. The summed E-state index contributed by atoms with van der Waals surface area (Å²) >= 11 is 0. The van der Waals surface area contributed by atoms with E-state index in [9.17, 15) is 0 Å². The van der Waals surface area contributed by atoms with Crippen molar-refractivity contribution in [2.24, 2.45) is 0 Å². The molecule has 0 aromatic rings. The van der Waals surface area contributed by atoms with E-state index < -0.39 is 0 Å². The molecule has 0 saturated carbocycles. The van der Waals surface area contributed by atoms with Crippen molar-refractivity contribution in [1.82, 2.24) is 10.6 Å². The van der Waals surface area contributed by atoms with E-state index >= 15 is 0 Å². The fourth-order valence-corrected chi connectivity index (χ4v) is 0.638. The summed E-state index contributed by atoms with van der Waals surface area (Å²) in [5.41, 5.74) is 0. The molecule has 1 heterocycles. The van der Waals surface area contributed by atoms with Crippen LogP contribution in [0, 0.1) is 0 Å². The van der Waals surface area contributed by atoms with E-state index in [-0.39, 0.29) is 31.0 Å². The Hall–Kier alpha value is 0.460. The number of aliphatic hydroxyl groups excluding tert-OH is 1. The molecule has 1 fully saturated rings. The van der Waals surface area contributed by atoms with Gasteiger partial charge in [-0.15, -0.1) is 24.8 Å². The molecular formula is C4H12Cl2N2O. The van der Waals surface area contributed by atoms with Gasteiger partial charge in [0.05, 0.1) is 0 Å². The van der Waals surface area contributed by atoms with Crippen LogP contribution in [0.25, 0.3) is 0 Å². The van der Waals surface area contributed by atoms with E-state index in [0.29, 0.717) is 6.54 Å². The second kappa shape index (κ2) is 6.58. The lowest BCUT2D eigenvalue weighted by Crippen LogP contribution is -2.47. The second-order valence-corrected chi connectivity index (χ2v) is 1.67. The lowest BCUT2D eigenvalue weighted by atomic mass is 10.4. The van der Waals surface area contributed by atoms with Crippen LogP contribution in [0.1, 0.15) is 0 Å². The molecule has 0 amide bonds. The molecule has 0 aromatic heterocycles. The SMILES string of the molecule is Cl.Cl.OC1CNCCN1. The van der Waals surface area contributed by atoms with Crippen molar-refractivity contribution in [3.63, 3.8) is 0 Å². The van der Waals surface area contributed by atoms with Crippen molar-refractivity contribution >= 4 is 24.8 Å². The highest BCUT2D eigenvalue weighted by Gasteiger charge is 2.04. The third kappa shape index (κ3) is 4.93. The normalized spacial score (nSPS) is 25.7. The number of piperazine rings is 1. The lowest BCUT2D eigenvalue weighted by molar-refractivity contribution is 0.120. The molecular weight excluding hydrogens is 163 g/mol. The predicted molar refractivity (Wildman–Crippen MR) is 41.4 cm³/mol. The van der Waals surface area contributed by atoms with Crippen LogP contribution in [-0.4, -0.2) is 31.0 Å². The molecule has 1 aliphatic rings. The van der Waals surface area contributed by atoms with Crippen molar-refractivity contribution in [1.29, 1.82) is 0 Å². The Morgan fingerprint density at radius 1 is 1.22 bits per heavy atom. The minimum atomic E-state index is -0.325. The van der Waals surface area contributed by atoms with Gasteiger partial charge in [-0.1, -0.05) is 0 Å². The Morgan fingerprint density at radius 3 is 2.11 bits per heavy atom. The Morgan fingerprint density at radius 2 is 1.89 bits per heavy atom. The summed E-state index contributed by atoms with van der Waals surface area (Å²) in [5, 5.41) is 14.6. The number of hydrogen-bond acceptors (Lipinski definition) is 3. The predicted octanol–water partition coefficient (Wildman–Crippen LogP) is -0.659. The van der Waals surface area contributed by atoms with Crippen LogP contribution in [0.2, 0.25) is 0 Å². The van der Waals surface area contributed by atoms with Gasteiger partial charge in [-0.3, -0.25) is 5.32 Å². The highest BCUT2D eigenvalue weighted by atomic mass is 35.5. The van der Waals surface area contributed by atoms with Crippen molar-refractivity contribution in [3.05, 3.63) is 0 Å². The summed E-state index contributed by atoms with van der Waals surface area (Å²) in [6, 6.07) is 0. The minimum absolute atomic E-state index is 0. The molecule has 0 aliphatic carbocycles. The first-order chi connectivity index (χ1) is 3.39. The summed E-state index contributed by atoms with van der Waals surface area (Å²) in [7, 11) is 0. The summed E-state index contributed by atoms with van der Waals surface area (Å²) in [6.45, 7) is 2.53. The number of β-amino-alcohol motifs (C(OH)–C–C–N with tert-alkyl or cyclic N) is 1. The molecule has 1 rings (SSSR count). The Kier molecular flexibility index (Phi) is 8.89. The van der Waals surface area contributed by atoms with Gasteiger partial charge in [-0.25, -0.2) is 0 Å². The van der Waals surface area contributed by atoms with E-state index in [0.717, 1.165) is 13.1 Å². The number of aliphatic hydroxyl groups is 1. The zero-order chi connectivity index (χ0) is 5.11. The lowest BCUT2D eigenvalue weighted by Gasteiger charge is -2.18. The van der Waals surface area contributed by atoms with Gasteiger partial charge in [0, 0.05) is 19.6 Å². The first kappa shape index (κ1) is 12.2. The van der Waals surface area contributed by atoms with Gasteiger partial charge in [0.1, 0.15) is 6.23 Å². The van der Waals surface area contributed by atoms with Gasteiger partial charge < -0.3 is 10.4 Å². The fourth-order valence-electron chi connectivity index (χ4n) is 0.638. The van der Waals surface area contributed by atoms with Gasteiger partial charge in [-0.05, 0) is 0 Å². The number of rotatable bonds is 0. The van der Waals surface area contributed by atoms with E-state index in [1.54, 1.807) is 0 Å². The molecule has 1 unspecified atom stereocenters. The first-order valence-electron chi connectivity index (χ1n) is 2.52. The van der Waals surface area contributed by atoms with Gasteiger partial charge in [-0.2, -0.15) is 0 Å². The maximum atomic E-state index is 8.74. The number of nitrogens with one attached hydrogen (secondary N) is 2. The van der Waals surface area contributed by atoms with Crippen LogP contribution < -0.4 is 10.6 Å². The van der Waals surface area contributed by atoms with Crippen LogP contribution >= 0.6 is 24.8 Å². The van der Waals surface area contributed by atoms with Gasteiger partial charge in [0.25, 0.3) is 0 Å². The van der Waals surface area contributed by atoms with E-state index in [1.165, 1.54) is 0 Å². The van der Waals surface area contributed by atoms with Crippen LogP contribution in [0.5, 0.6) is 0 Å². The zero-order valence-electron chi connectivity index (χ0n) is 4.96. The molecule has 3 nitrogen and oxygen atoms in total. The average Bonchev–Trinajstić information content (AvgIpc) is 1.69.